The van der Waals surface area contributed by atoms with Gasteiger partial charge in [0.2, 0.25) is 0 Å². The molecule has 0 aliphatic rings. The fourth-order valence-electron chi connectivity index (χ4n) is 1.49. The molecule has 5 heteroatoms. The van der Waals surface area contributed by atoms with Gasteiger partial charge in [-0.2, -0.15) is 0 Å². The summed E-state index contributed by atoms with van der Waals surface area (Å²) in [6.07, 6.45) is 0. The van der Waals surface area contributed by atoms with Crippen LogP contribution >= 0.6 is 0 Å². The normalized spacial score (nSPS) is 11.3. The van der Waals surface area contributed by atoms with E-state index in [-0.39, 0.29) is 19.1 Å². The van der Waals surface area contributed by atoms with E-state index in [1.807, 2.05) is 6.07 Å². The Balaban J connectivity index is 2.90. The van der Waals surface area contributed by atoms with Crippen LogP contribution in [0, 0.1) is 0 Å². The fraction of sp³-hybridized carbons (Fsp3) is 0.462. The number of carbonyl (C=O) groups is 1. The first-order chi connectivity index (χ1) is 8.56. The lowest BCUT2D eigenvalue weighted by Crippen LogP contribution is -2.51. The second kappa shape index (κ2) is 6.49. The smallest absolute Gasteiger partial charge is 0.252 e. The number of hydrogen-bond acceptors (Lipinski definition) is 4. The number of hydrogen-bond donors (Lipinski definition) is 3. The van der Waals surface area contributed by atoms with Gasteiger partial charge >= 0.3 is 0 Å². The Labute approximate surface area is 106 Å². The van der Waals surface area contributed by atoms with E-state index in [1.165, 1.54) is 0 Å². The molecule has 1 aromatic carbocycles. The molecule has 0 aromatic heterocycles. The van der Waals surface area contributed by atoms with Crippen molar-refractivity contribution < 1.29 is 19.7 Å². The van der Waals surface area contributed by atoms with E-state index in [0.29, 0.717) is 12.2 Å². The number of aliphatic hydroxyl groups is 2. The zero-order valence-electron chi connectivity index (χ0n) is 10.6. The van der Waals surface area contributed by atoms with Crippen molar-refractivity contribution in [3.05, 3.63) is 35.4 Å². The topological polar surface area (TPSA) is 78.8 Å². The van der Waals surface area contributed by atoms with Crippen LogP contribution in [0.5, 0.6) is 0 Å². The van der Waals surface area contributed by atoms with Crippen LogP contribution in [0.4, 0.5) is 0 Å². The van der Waals surface area contributed by atoms with Gasteiger partial charge in [0.15, 0.2) is 0 Å². The van der Waals surface area contributed by atoms with Gasteiger partial charge in [-0.25, -0.2) is 0 Å². The molecule has 1 aromatic rings. The van der Waals surface area contributed by atoms with Gasteiger partial charge in [-0.05, 0) is 18.6 Å². The van der Waals surface area contributed by atoms with Crippen molar-refractivity contribution in [2.24, 2.45) is 0 Å². The maximum Gasteiger partial charge on any atom is 0.252 e. The molecule has 5 nitrogen and oxygen atoms in total. The number of aliphatic hydroxyl groups excluding tert-OH is 2. The van der Waals surface area contributed by atoms with Gasteiger partial charge in [-0.3, -0.25) is 4.79 Å². The molecule has 0 radical (unpaired) electrons. The Kier molecular flexibility index (Phi) is 5.27. The van der Waals surface area contributed by atoms with Crippen LogP contribution < -0.4 is 5.32 Å². The number of rotatable bonds is 6. The quantitative estimate of drug-likeness (QED) is 0.681. The second-order valence-electron chi connectivity index (χ2n) is 4.42. The van der Waals surface area contributed by atoms with Crippen LogP contribution in [-0.4, -0.2) is 42.0 Å². The zero-order chi connectivity index (χ0) is 13.6. The van der Waals surface area contributed by atoms with Crippen molar-refractivity contribution in [2.45, 2.75) is 19.1 Å². The third kappa shape index (κ3) is 3.53. The minimum atomic E-state index is -1.03. The largest absolute Gasteiger partial charge is 0.394 e. The summed E-state index contributed by atoms with van der Waals surface area (Å²) in [6, 6.07) is 7.05. The average molecular weight is 253 g/mol. The Morgan fingerprint density at radius 3 is 2.50 bits per heavy atom. The highest BCUT2D eigenvalue weighted by molar-refractivity contribution is 5.96. The summed E-state index contributed by atoms with van der Waals surface area (Å²) in [6.45, 7) is 1.24. The monoisotopic (exact) mass is 253 g/mol. The fourth-order valence-corrected chi connectivity index (χ4v) is 1.49. The molecule has 0 unspecified atom stereocenters. The van der Waals surface area contributed by atoms with Crippen molar-refractivity contribution in [3.63, 3.8) is 0 Å². The Morgan fingerprint density at radius 2 is 1.94 bits per heavy atom. The Hall–Kier alpha value is -1.43. The van der Waals surface area contributed by atoms with Gasteiger partial charge < -0.3 is 20.3 Å². The summed E-state index contributed by atoms with van der Waals surface area (Å²) in [4.78, 5) is 12.1. The summed E-state index contributed by atoms with van der Waals surface area (Å²) in [5.41, 5.74) is 0.209. The van der Waals surface area contributed by atoms with E-state index in [1.54, 1.807) is 32.2 Å². The molecular formula is C13H19NO4. The molecule has 0 saturated heterocycles. The molecule has 0 bridgehead atoms. The second-order valence-corrected chi connectivity index (χ2v) is 4.42. The maximum absolute atomic E-state index is 12.1. The third-order valence-electron chi connectivity index (χ3n) is 2.68. The molecule has 0 heterocycles. The predicted octanol–water partition coefficient (Wildman–Crippen LogP) is 0.306. The lowest BCUT2D eigenvalue weighted by atomic mass is 10.0. The first kappa shape index (κ1) is 14.6. The molecule has 0 spiro atoms. The van der Waals surface area contributed by atoms with Gasteiger partial charge in [0.05, 0.1) is 25.4 Å². The van der Waals surface area contributed by atoms with Gasteiger partial charge in [0.25, 0.3) is 5.91 Å². The van der Waals surface area contributed by atoms with Gasteiger partial charge in [-0.1, -0.05) is 18.2 Å². The highest BCUT2D eigenvalue weighted by Gasteiger charge is 2.25. The van der Waals surface area contributed by atoms with E-state index in [9.17, 15) is 4.79 Å². The molecule has 1 rings (SSSR count). The van der Waals surface area contributed by atoms with Gasteiger partial charge in [-0.15, -0.1) is 0 Å². The maximum atomic E-state index is 12.1. The molecular weight excluding hydrogens is 234 g/mol. The molecule has 0 aliphatic carbocycles. The Morgan fingerprint density at radius 1 is 1.33 bits per heavy atom. The number of ether oxygens (including phenoxy) is 1. The van der Waals surface area contributed by atoms with E-state index >= 15 is 0 Å². The van der Waals surface area contributed by atoms with E-state index < -0.39 is 5.54 Å². The summed E-state index contributed by atoms with van der Waals surface area (Å²) in [7, 11) is 1.56. The molecule has 3 N–H and O–H groups in total. The average Bonchev–Trinajstić information content (AvgIpc) is 2.39. The van der Waals surface area contributed by atoms with Crippen molar-refractivity contribution in [1.29, 1.82) is 0 Å². The molecule has 0 fully saturated rings. The molecule has 0 saturated carbocycles. The van der Waals surface area contributed by atoms with E-state index in [0.717, 1.165) is 5.56 Å². The molecule has 0 atom stereocenters. The first-order valence-electron chi connectivity index (χ1n) is 5.67. The lowest BCUT2D eigenvalue weighted by Gasteiger charge is -2.26. The summed E-state index contributed by atoms with van der Waals surface area (Å²) in [5.74, 6) is -0.340. The number of nitrogens with one attached hydrogen (secondary N) is 1. The lowest BCUT2D eigenvalue weighted by molar-refractivity contribution is 0.0720. The molecule has 1 amide bonds. The van der Waals surface area contributed by atoms with Crippen molar-refractivity contribution in [1.82, 2.24) is 5.32 Å². The van der Waals surface area contributed by atoms with Crippen molar-refractivity contribution >= 4 is 5.91 Å². The van der Waals surface area contributed by atoms with Crippen LogP contribution in [0.25, 0.3) is 0 Å². The van der Waals surface area contributed by atoms with Gasteiger partial charge in [0, 0.05) is 12.7 Å². The standard InChI is InChI=1S/C13H19NO4/c1-13(8-15,9-16)14-12(17)11-6-4-3-5-10(11)7-18-2/h3-6,15-16H,7-9H2,1-2H3,(H,14,17). The van der Waals surface area contributed by atoms with Crippen molar-refractivity contribution in [2.75, 3.05) is 20.3 Å². The summed E-state index contributed by atoms with van der Waals surface area (Å²) < 4.78 is 5.02. The van der Waals surface area contributed by atoms with Crippen LogP contribution in [-0.2, 0) is 11.3 Å². The van der Waals surface area contributed by atoms with Gasteiger partial charge in [0.1, 0.15) is 0 Å². The summed E-state index contributed by atoms with van der Waals surface area (Å²) >= 11 is 0. The minimum absolute atomic E-state index is 0.332. The van der Waals surface area contributed by atoms with Crippen LogP contribution in [0.15, 0.2) is 24.3 Å². The third-order valence-corrected chi connectivity index (χ3v) is 2.68. The number of amides is 1. The minimum Gasteiger partial charge on any atom is -0.394 e. The first-order valence-corrected chi connectivity index (χ1v) is 5.67. The molecule has 18 heavy (non-hydrogen) atoms. The Bertz CT molecular complexity index is 402. The number of carbonyl (C=O) groups excluding carboxylic acids is 1. The van der Waals surface area contributed by atoms with Crippen LogP contribution in [0.2, 0.25) is 0 Å². The van der Waals surface area contributed by atoms with E-state index in [4.69, 9.17) is 14.9 Å². The van der Waals surface area contributed by atoms with E-state index in [2.05, 4.69) is 5.32 Å². The highest BCUT2D eigenvalue weighted by atomic mass is 16.5. The van der Waals surface area contributed by atoms with Crippen LogP contribution in [0.1, 0.15) is 22.8 Å². The van der Waals surface area contributed by atoms with Crippen molar-refractivity contribution in [3.8, 4) is 0 Å². The molecule has 0 aliphatic heterocycles. The zero-order valence-corrected chi connectivity index (χ0v) is 10.6. The van der Waals surface area contributed by atoms with Crippen LogP contribution in [0.3, 0.4) is 0 Å². The predicted molar refractivity (Wildman–Crippen MR) is 67.2 cm³/mol. The molecule has 100 valence electrons. The highest BCUT2D eigenvalue weighted by Crippen LogP contribution is 2.12. The number of methoxy groups -OCH3 is 1. The SMILES string of the molecule is COCc1ccccc1C(=O)NC(C)(CO)CO. The summed E-state index contributed by atoms with van der Waals surface area (Å²) in [5, 5.41) is 20.9. The number of benzene rings is 1.